The Labute approximate surface area is 157 Å². The largest absolute Gasteiger partial charge is 0.344 e. The summed E-state index contributed by atoms with van der Waals surface area (Å²) >= 11 is 9.27. The zero-order valence-electron chi connectivity index (χ0n) is 13.0. The summed E-state index contributed by atoms with van der Waals surface area (Å²) in [6, 6.07) is 12.8. The fraction of sp³-hybridized carbons (Fsp3) is 0.118. The maximum Gasteiger partial charge on any atom is 0.344 e. The monoisotopic (exact) mass is 421 g/mol. The second kappa shape index (κ2) is 6.50. The Balaban J connectivity index is 1.86. The minimum Gasteiger partial charge on any atom is -0.318 e. The first kappa shape index (κ1) is 17.4. The second-order valence-electron chi connectivity index (χ2n) is 5.63. The third kappa shape index (κ3) is 3.12. The molecular formula is C17H13BrClN3O3. The molecule has 4 amide bonds. The van der Waals surface area contributed by atoms with Crippen LogP contribution < -0.4 is 10.7 Å². The number of imide groups is 1. The third-order valence-electron chi connectivity index (χ3n) is 3.93. The van der Waals surface area contributed by atoms with Crippen LogP contribution in [0.15, 0.2) is 53.0 Å². The number of hydrazine groups is 1. The van der Waals surface area contributed by atoms with Gasteiger partial charge in [-0.05, 0) is 30.7 Å². The molecule has 2 aromatic carbocycles. The van der Waals surface area contributed by atoms with E-state index in [4.69, 9.17) is 11.6 Å². The van der Waals surface area contributed by atoms with Gasteiger partial charge in [0.05, 0.1) is 10.6 Å². The maximum absolute atomic E-state index is 12.7. The first-order valence-corrected chi connectivity index (χ1v) is 8.48. The fourth-order valence-corrected chi connectivity index (χ4v) is 3.11. The Bertz CT molecular complexity index is 875. The van der Waals surface area contributed by atoms with Gasteiger partial charge < -0.3 is 5.32 Å². The first-order chi connectivity index (χ1) is 11.8. The molecule has 3 rings (SSSR count). The van der Waals surface area contributed by atoms with Crippen LogP contribution in [-0.4, -0.2) is 22.9 Å². The van der Waals surface area contributed by atoms with Gasteiger partial charge in [0.25, 0.3) is 11.8 Å². The number of hydrogen-bond acceptors (Lipinski definition) is 3. The van der Waals surface area contributed by atoms with Crippen molar-refractivity contribution < 1.29 is 14.4 Å². The van der Waals surface area contributed by atoms with Gasteiger partial charge >= 0.3 is 6.03 Å². The van der Waals surface area contributed by atoms with E-state index in [9.17, 15) is 14.4 Å². The summed E-state index contributed by atoms with van der Waals surface area (Å²) < 4.78 is 0.647. The molecule has 1 unspecified atom stereocenters. The van der Waals surface area contributed by atoms with Crippen molar-refractivity contribution in [3.05, 3.63) is 69.2 Å². The second-order valence-corrected chi connectivity index (χ2v) is 6.95. The van der Waals surface area contributed by atoms with Crippen LogP contribution in [0.2, 0.25) is 5.02 Å². The van der Waals surface area contributed by atoms with Gasteiger partial charge in [0, 0.05) is 4.47 Å². The highest BCUT2D eigenvalue weighted by Crippen LogP contribution is 2.28. The Kier molecular flexibility index (Phi) is 4.53. The van der Waals surface area contributed by atoms with E-state index in [0.717, 1.165) is 0 Å². The van der Waals surface area contributed by atoms with Crippen molar-refractivity contribution >= 4 is 45.4 Å². The first-order valence-electron chi connectivity index (χ1n) is 7.31. The molecule has 1 fully saturated rings. The average Bonchev–Trinajstić information content (AvgIpc) is 2.82. The summed E-state index contributed by atoms with van der Waals surface area (Å²) in [5.74, 6) is -1.24. The summed E-state index contributed by atoms with van der Waals surface area (Å²) in [4.78, 5) is 37.4. The van der Waals surface area contributed by atoms with Gasteiger partial charge in [0.15, 0.2) is 0 Å². The number of amides is 4. The summed E-state index contributed by atoms with van der Waals surface area (Å²) in [6.45, 7) is 1.58. The molecule has 2 aromatic rings. The van der Waals surface area contributed by atoms with Gasteiger partial charge in [-0.25, -0.2) is 4.79 Å². The molecule has 0 aliphatic carbocycles. The van der Waals surface area contributed by atoms with Crippen LogP contribution in [0, 0.1) is 0 Å². The van der Waals surface area contributed by atoms with Crippen molar-refractivity contribution in [1.29, 1.82) is 0 Å². The standard InChI is InChI=1S/C17H13BrClN3O3/c1-17(10-5-3-2-4-6-10)15(24)22(16(25)20-17)21-14(23)12-9-11(18)7-8-13(12)19/h2-9H,1H3,(H,20,25)(H,21,23). The van der Waals surface area contributed by atoms with Crippen molar-refractivity contribution in [3.63, 3.8) is 0 Å². The summed E-state index contributed by atoms with van der Waals surface area (Å²) in [7, 11) is 0. The molecular weight excluding hydrogens is 410 g/mol. The van der Waals surface area contributed by atoms with E-state index < -0.39 is 23.4 Å². The molecule has 6 nitrogen and oxygen atoms in total. The number of carbonyl (C=O) groups excluding carboxylic acids is 3. The molecule has 1 saturated heterocycles. The molecule has 0 bridgehead atoms. The fourth-order valence-electron chi connectivity index (χ4n) is 2.54. The van der Waals surface area contributed by atoms with E-state index in [1.54, 1.807) is 43.3 Å². The van der Waals surface area contributed by atoms with E-state index in [1.165, 1.54) is 6.07 Å². The van der Waals surface area contributed by atoms with Crippen LogP contribution in [0.5, 0.6) is 0 Å². The van der Waals surface area contributed by atoms with Crippen molar-refractivity contribution in [2.75, 3.05) is 0 Å². The van der Waals surface area contributed by atoms with Crippen molar-refractivity contribution in [3.8, 4) is 0 Å². The summed E-state index contributed by atoms with van der Waals surface area (Å²) in [5, 5.41) is 3.49. The Morgan fingerprint density at radius 2 is 1.88 bits per heavy atom. The molecule has 1 heterocycles. The Morgan fingerprint density at radius 1 is 1.20 bits per heavy atom. The molecule has 0 saturated carbocycles. The van der Waals surface area contributed by atoms with Crippen LogP contribution in [0.3, 0.4) is 0 Å². The number of hydrogen-bond donors (Lipinski definition) is 2. The van der Waals surface area contributed by atoms with Gasteiger partial charge in [-0.3, -0.25) is 15.0 Å². The number of carbonyl (C=O) groups is 3. The molecule has 25 heavy (non-hydrogen) atoms. The highest BCUT2D eigenvalue weighted by atomic mass is 79.9. The molecule has 1 aliphatic heterocycles. The molecule has 128 valence electrons. The van der Waals surface area contributed by atoms with Crippen LogP contribution in [0.25, 0.3) is 0 Å². The van der Waals surface area contributed by atoms with Gasteiger partial charge in [-0.1, -0.05) is 57.9 Å². The molecule has 0 spiro atoms. The molecule has 1 atom stereocenters. The Hall–Kier alpha value is -2.38. The van der Waals surface area contributed by atoms with Crippen LogP contribution in [0.1, 0.15) is 22.8 Å². The number of benzene rings is 2. The number of rotatable bonds is 3. The van der Waals surface area contributed by atoms with Crippen molar-refractivity contribution in [2.24, 2.45) is 0 Å². The van der Waals surface area contributed by atoms with Crippen LogP contribution in [0.4, 0.5) is 4.79 Å². The number of nitrogens with one attached hydrogen (secondary N) is 2. The van der Waals surface area contributed by atoms with Gasteiger partial charge in [-0.15, -0.1) is 0 Å². The molecule has 8 heteroatoms. The minimum absolute atomic E-state index is 0.143. The Morgan fingerprint density at radius 3 is 2.56 bits per heavy atom. The van der Waals surface area contributed by atoms with Gasteiger partial charge in [0.2, 0.25) is 0 Å². The maximum atomic E-state index is 12.7. The minimum atomic E-state index is -1.26. The summed E-state index contributed by atoms with van der Waals surface area (Å²) in [5.41, 5.74) is 1.82. The predicted molar refractivity (Wildman–Crippen MR) is 95.8 cm³/mol. The lowest BCUT2D eigenvalue weighted by atomic mass is 9.92. The van der Waals surface area contributed by atoms with E-state index in [0.29, 0.717) is 15.0 Å². The normalized spacial score (nSPS) is 19.7. The number of nitrogens with zero attached hydrogens (tertiary/aromatic N) is 1. The third-order valence-corrected chi connectivity index (χ3v) is 4.75. The average molecular weight is 423 g/mol. The highest BCUT2D eigenvalue weighted by Gasteiger charge is 2.50. The molecule has 2 N–H and O–H groups in total. The lowest BCUT2D eigenvalue weighted by molar-refractivity contribution is -0.132. The number of halogens is 2. The van der Waals surface area contributed by atoms with E-state index in [1.807, 2.05) is 6.07 Å². The van der Waals surface area contributed by atoms with E-state index in [2.05, 4.69) is 26.7 Å². The predicted octanol–water partition coefficient (Wildman–Crippen LogP) is 3.21. The smallest absolute Gasteiger partial charge is 0.318 e. The van der Waals surface area contributed by atoms with Gasteiger partial charge in [-0.2, -0.15) is 5.01 Å². The van der Waals surface area contributed by atoms with Crippen LogP contribution in [-0.2, 0) is 10.3 Å². The SMILES string of the molecule is CC1(c2ccccc2)NC(=O)N(NC(=O)c2cc(Br)ccc2Cl)C1=O. The highest BCUT2D eigenvalue weighted by molar-refractivity contribution is 9.10. The molecule has 0 radical (unpaired) electrons. The van der Waals surface area contributed by atoms with E-state index in [-0.39, 0.29) is 10.6 Å². The molecule has 1 aliphatic rings. The van der Waals surface area contributed by atoms with Crippen LogP contribution >= 0.6 is 27.5 Å². The topological polar surface area (TPSA) is 78.5 Å². The number of urea groups is 1. The van der Waals surface area contributed by atoms with E-state index >= 15 is 0 Å². The zero-order valence-corrected chi connectivity index (χ0v) is 15.4. The van der Waals surface area contributed by atoms with Crippen molar-refractivity contribution in [2.45, 2.75) is 12.5 Å². The van der Waals surface area contributed by atoms with Crippen molar-refractivity contribution in [1.82, 2.24) is 15.8 Å². The summed E-state index contributed by atoms with van der Waals surface area (Å²) in [6.07, 6.45) is 0. The lowest BCUT2D eigenvalue weighted by Gasteiger charge is -2.22. The zero-order chi connectivity index (χ0) is 18.2. The van der Waals surface area contributed by atoms with Gasteiger partial charge in [0.1, 0.15) is 5.54 Å². The molecule has 0 aromatic heterocycles. The lowest BCUT2D eigenvalue weighted by Crippen LogP contribution is -2.48. The quantitative estimate of drug-likeness (QED) is 0.746.